The number of carbonyl (C=O) groups excluding carboxylic acids is 1. The van der Waals surface area contributed by atoms with Crippen molar-refractivity contribution < 1.29 is 22.7 Å². The fourth-order valence-electron chi connectivity index (χ4n) is 3.29. The van der Waals surface area contributed by atoms with E-state index < -0.39 is 10.0 Å². The van der Waals surface area contributed by atoms with Crippen molar-refractivity contribution in [3.05, 3.63) is 89.5 Å². The van der Waals surface area contributed by atoms with Crippen molar-refractivity contribution in [2.75, 3.05) is 30.8 Å². The molecule has 8 heteroatoms. The Kier molecular flexibility index (Phi) is 7.95. The number of hydrogen-bond donors (Lipinski definition) is 1. The van der Waals surface area contributed by atoms with Crippen molar-refractivity contribution in [3.63, 3.8) is 0 Å². The van der Waals surface area contributed by atoms with Gasteiger partial charge in [-0.25, -0.2) is 8.42 Å². The van der Waals surface area contributed by atoms with Gasteiger partial charge in [0.1, 0.15) is 18.1 Å². The van der Waals surface area contributed by atoms with Crippen LogP contribution in [0.2, 0.25) is 0 Å². The molecule has 0 aliphatic rings. The Morgan fingerprint density at radius 3 is 2.21 bits per heavy atom. The Hall–Kier alpha value is -3.52. The summed E-state index contributed by atoms with van der Waals surface area (Å²) in [6.45, 7) is 2.81. The monoisotopic (exact) mass is 468 g/mol. The highest BCUT2D eigenvalue weighted by Crippen LogP contribution is 2.30. The molecule has 0 aromatic heterocycles. The minimum absolute atomic E-state index is 0.116. The fraction of sp³-hybridized carbons (Fsp3) is 0.240. The first-order chi connectivity index (χ1) is 15.8. The van der Waals surface area contributed by atoms with Gasteiger partial charge in [0.15, 0.2) is 0 Å². The largest absolute Gasteiger partial charge is 0.495 e. The zero-order valence-electron chi connectivity index (χ0n) is 18.9. The number of methoxy groups -OCH3 is 1. The second kappa shape index (κ2) is 10.9. The van der Waals surface area contributed by atoms with Crippen LogP contribution in [0, 0.1) is 6.92 Å². The number of hydrogen-bond acceptors (Lipinski definition) is 5. The molecule has 0 spiro atoms. The third-order valence-electron chi connectivity index (χ3n) is 5.04. The molecule has 0 aliphatic heterocycles. The Labute approximate surface area is 195 Å². The molecule has 3 aromatic carbocycles. The number of anilines is 1. The Balaban J connectivity index is 1.61. The normalized spacial score (nSPS) is 11.0. The first kappa shape index (κ1) is 24.1. The molecule has 0 atom stereocenters. The molecule has 0 radical (unpaired) electrons. The SMILES string of the molecule is COc1ccccc1N(Cc1ccc(C(=O)NCCOc2ccccc2C)cc1)S(C)(=O)=O. The van der Waals surface area contributed by atoms with Crippen molar-refractivity contribution >= 4 is 21.6 Å². The molecule has 1 amide bonds. The van der Waals surface area contributed by atoms with Crippen LogP contribution in [0.4, 0.5) is 5.69 Å². The molecule has 0 aliphatic carbocycles. The highest BCUT2D eigenvalue weighted by atomic mass is 32.2. The van der Waals surface area contributed by atoms with Gasteiger partial charge in [-0.05, 0) is 48.4 Å². The average Bonchev–Trinajstić information content (AvgIpc) is 2.81. The van der Waals surface area contributed by atoms with Crippen LogP contribution in [0.5, 0.6) is 11.5 Å². The maximum absolute atomic E-state index is 12.4. The van der Waals surface area contributed by atoms with E-state index >= 15 is 0 Å². The lowest BCUT2D eigenvalue weighted by Crippen LogP contribution is -2.30. The smallest absolute Gasteiger partial charge is 0.251 e. The van der Waals surface area contributed by atoms with Gasteiger partial charge in [0.2, 0.25) is 10.0 Å². The van der Waals surface area contributed by atoms with Gasteiger partial charge in [-0.2, -0.15) is 0 Å². The number of para-hydroxylation sites is 3. The lowest BCUT2D eigenvalue weighted by atomic mass is 10.1. The van der Waals surface area contributed by atoms with Crippen LogP contribution in [0.15, 0.2) is 72.8 Å². The summed E-state index contributed by atoms with van der Waals surface area (Å²) in [5, 5.41) is 2.83. The van der Waals surface area contributed by atoms with Crippen LogP contribution in [-0.2, 0) is 16.6 Å². The molecule has 3 aromatic rings. The fourth-order valence-corrected chi connectivity index (χ4v) is 4.18. The van der Waals surface area contributed by atoms with Gasteiger partial charge in [-0.3, -0.25) is 9.10 Å². The molecule has 0 bridgehead atoms. The summed E-state index contributed by atoms with van der Waals surface area (Å²) >= 11 is 0. The van der Waals surface area contributed by atoms with Crippen LogP contribution in [0.25, 0.3) is 0 Å². The van der Waals surface area contributed by atoms with Gasteiger partial charge in [-0.1, -0.05) is 42.5 Å². The van der Waals surface area contributed by atoms with Crippen molar-refractivity contribution in [1.29, 1.82) is 0 Å². The number of ether oxygens (including phenoxy) is 2. The van der Waals surface area contributed by atoms with E-state index in [4.69, 9.17) is 9.47 Å². The maximum Gasteiger partial charge on any atom is 0.251 e. The van der Waals surface area contributed by atoms with E-state index in [1.54, 1.807) is 48.5 Å². The average molecular weight is 469 g/mol. The summed E-state index contributed by atoms with van der Waals surface area (Å²) in [5.74, 6) is 1.04. The topological polar surface area (TPSA) is 84.9 Å². The molecule has 0 saturated carbocycles. The second-order valence-corrected chi connectivity index (χ2v) is 9.42. The summed E-state index contributed by atoms with van der Waals surface area (Å²) in [6.07, 6.45) is 1.15. The van der Waals surface area contributed by atoms with Crippen molar-refractivity contribution in [3.8, 4) is 11.5 Å². The number of rotatable bonds is 10. The van der Waals surface area contributed by atoms with Gasteiger partial charge in [0.25, 0.3) is 5.91 Å². The second-order valence-electron chi connectivity index (χ2n) is 7.51. The molecule has 3 rings (SSSR count). The van der Waals surface area contributed by atoms with Crippen LogP contribution in [-0.4, -0.2) is 40.8 Å². The molecule has 7 nitrogen and oxygen atoms in total. The molecule has 0 unspecified atom stereocenters. The van der Waals surface area contributed by atoms with E-state index in [9.17, 15) is 13.2 Å². The predicted octanol–water partition coefficient (Wildman–Crippen LogP) is 3.78. The first-order valence-corrected chi connectivity index (χ1v) is 12.3. The highest BCUT2D eigenvalue weighted by Gasteiger charge is 2.21. The van der Waals surface area contributed by atoms with E-state index in [1.807, 2.05) is 31.2 Å². The lowest BCUT2D eigenvalue weighted by Gasteiger charge is -2.24. The van der Waals surface area contributed by atoms with Crippen LogP contribution >= 0.6 is 0 Å². The van der Waals surface area contributed by atoms with E-state index in [2.05, 4.69) is 5.32 Å². The van der Waals surface area contributed by atoms with Gasteiger partial charge >= 0.3 is 0 Å². The summed E-state index contributed by atoms with van der Waals surface area (Å²) in [6, 6.07) is 21.5. The summed E-state index contributed by atoms with van der Waals surface area (Å²) in [7, 11) is -2.06. The Morgan fingerprint density at radius 2 is 1.58 bits per heavy atom. The molecule has 174 valence electrons. The van der Waals surface area contributed by atoms with Gasteiger partial charge in [-0.15, -0.1) is 0 Å². The molecular formula is C25H28N2O5S. The minimum atomic E-state index is -3.56. The zero-order chi connectivity index (χ0) is 23.8. The van der Waals surface area contributed by atoms with E-state index in [0.717, 1.165) is 23.1 Å². The van der Waals surface area contributed by atoms with E-state index in [1.165, 1.54) is 11.4 Å². The predicted molar refractivity (Wildman–Crippen MR) is 129 cm³/mol. The first-order valence-electron chi connectivity index (χ1n) is 10.5. The van der Waals surface area contributed by atoms with Gasteiger partial charge < -0.3 is 14.8 Å². The van der Waals surface area contributed by atoms with E-state index in [-0.39, 0.29) is 12.5 Å². The van der Waals surface area contributed by atoms with Crippen LogP contribution < -0.4 is 19.1 Å². The number of nitrogens with zero attached hydrogens (tertiary/aromatic N) is 1. The van der Waals surface area contributed by atoms with Gasteiger partial charge in [0, 0.05) is 5.56 Å². The molecule has 0 heterocycles. The Morgan fingerprint density at radius 1 is 0.939 bits per heavy atom. The highest BCUT2D eigenvalue weighted by molar-refractivity contribution is 7.92. The number of benzene rings is 3. The third kappa shape index (κ3) is 6.49. The summed E-state index contributed by atoms with van der Waals surface area (Å²) < 4.78 is 37.2. The summed E-state index contributed by atoms with van der Waals surface area (Å²) in [4.78, 5) is 12.4. The number of amides is 1. The van der Waals surface area contributed by atoms with Crippen molar-refractivity contribution in [2.45, 2.75) is 13.5 Å². The van der Waals surface area contributed by atoms with Crippen molar-refractivity contribution in [2.24, 2.45) is 0 Å². The quantitative estimate of drug-likeness (QED) is 0.458. The molecule has 1 N–H and O–H groups in total. The van der Waals surface area contributed by atoms with Crippen LogP contribution in [0.1, 0.15) is 21.5 Å². The third-order valence-corrected chi connectivity index (χ3v) is 6.16. The lowest BCUT2D eigenvalue weighted by molar-refractivity contribution is 0.0947. The molecular weight excluding hydrogens is 440 g/mol. The summed E-state index contributed by atoms with van der Waals surface area (Å²) in [5.41, 5.74) is 2.72. The van der Waals surface area contributed by atoms with Gasteiger partial charge in [0.05, 0.1) is 32.1 Å². The maximum atomic E-state index is 12.4. The minimum Gasteiger partial charge on any atom is -0.495 e. The molecule has 0 fully saturated rings. The van der Waals surface area contributed by atoms with Crippen molar-refractivity contribution in [1.82, 2.24) is 5.32 Å². The number of carbonyl (C=O) groups is 1. The Bertz CT molecular complexity index is 1190. The van der Waals surface area contributed by atoms with E-state index in [0.29, 0.717) is 30.2 Å². The number of aryl methyl sites for hydroxylation is 1. The standard InChI is InChI=1S/C25H28N2O5S/c1-19-8-4-6-10-23(19)32-17-16-26-25(28)21-14-12-20(13-15-21)18-27(33(3,29)30)22-9-5-7-11-24(22)31-2/h4-15H,16-18H2,1-3H3,(H,26,28). The molecule has 33 heavy (non-hydrogen) atoms. The number of nitrogens with one attached hydrogen (secondary N) is 1. The van der Waals surface area contributed by atoms with Crippen LogP contribution in [0.3, 0.4) is 0 Å². The molecule has 0 saturated heterocycles. The number of sulfonamides is 1. The zero-order valence-corrected chi connectivity index (χ0v) is 19.8.